The standard InChI is InChI=1S/C26H26ClN3O2/c1-18-8-9-21(16-19(18)2)25(31)28-22-10-11-24(23(27)17-22)29-12-14-30(15-13-29)26(32)20-6-4-3-5-7-20/h3-11,16-17H,12-15H2,1-2H3,(H,28,31). The molecule has 0 unspecified atom stereocenters. The van der Waals surface area contributed by atoms with Gasteiger partial charge >= 0.3 is 0 Å². The molecule has 0 radical (unpaired) electrons. The summed E-state index contributed by atoms with van der Waals surface area (Å²) in [6, 6.07) is 20.6. The van der Waals surface area contributed by atoms with Gasteiger partial charge in [0.15, 0.2) is 0 Å². The van der Waals surface area contributed by atoms with Gasteiger partial charge in [-0.1, -0.05) is 35.9 Å². The number of carbonyl (C=O) groups is 2. The van der Waals surface area contributed by atoms with Gasteiger partial charge in [0.05, 0.1) is 10.7 Å². The number of amides is 2. The van der Waals surface area contributed by atoms with Crippen molar-refractivity contribution in [2.75, 3.05) is 36.4 Å². The van der Waals surface area contributed by atoms with Gasteiger partial charge in [0, 0.05) is 43.0 Å². The van der Waals surface area contributed by atoms with E-state index in [4.69, 9.17) is 11.6 Å². The summed E-state index contributed by atoms with van der Waals surface area (Å²) in [5, 5.41) is 3.50. The van der Waals surface area contributed by atoms with E-state index in [1.165, 1.54) is 0 Å². The molecule has 1 aliphatic heterocycles. The Morgan fingerprint density at radius 1 is 0.812 bits per heavy atom. The number of benzene rings is 3. The number of halogens is 1. The Morgan fingerprint density at radius 2 is 1.53 bits per heavy atom. The number of piperazine rings is 1. The predicted molar refractivity (Wildman–Crippen MR) is 130 cm³/mol. The lowest BCUT2D eigenvalue weighted by molar-refractivity contribution is 0.0746. The monoisotopic (exact) mass is 447 g/mol. The first-order chi connectivity index (χ1) is 15.4. The molecule has 1 N–H and O–H groups in total. The Morgan fingerprint density at radius 3 is 2.19 bits per heavy atom. The predicted octanol–water partition coefficient (Wildman–Crippen LogP) is 5.17. The highest BCUT2D eigenvalue weighted by Gasteiger charge is 2.23. The van der Waals surface area contributed by atoms with Crippen LogP contribution < -0.4 is 10.2 Å². The number of hydrogen-bond acceptors (Lipinski definition) is 3. The van der Waals surface area contributed by atoms with Gasteiger partial charge in [0.2, 0.25) is 0 Å². The van der Waals surface area contributed by atoms with Crippen molar-refractivity contribution in [2.45, 2.75) is 13.8 Å². The van der Waals surface area contributed by atoms with Crippen molar-refractivity contribution in [2.24, 2.45) is 0 Å². The molecule has 3 aromatic carbocycles. The third-order valence-corrected chi connectivity index (χ3v) is 6.21. The van der Waals surface area contributed by atoms with Crippen molar-refractivity contribution in [1.82, 2.24) is 4.90 Å². The van der Waals surface area contributed by atoms with E-state index in [1.807, 2.05) is 79.4 Å². The first-order valence-electron chi connectivity index (χ1n) is 10.7. The van der Waals surface area contributed by atoms with Crippen LogP contribution in [-0.2, 0) is 0 Å². The number of aryl methyl sites for hydroxylation is 2. The molecule has 6 heteroatoms. The van der Waals surface area contributed by atoms with Crippen LogP contribution in [0.1, 0.15) is 31.8 Å². The van der Waals surface area contributed by atoms with Crippen LogP contribution in [0.15, 0.2) is 66.7 Å². The molecule has 0 bridgehead atoms. The van der Waals surface area contributed by atoms with Gasteiger partial charge in [-0.15, -0.1) is 0 Å². The zero-order chi connectivity index (χ0) is 22.7. The Labute approximate surface area is 193 Å². The lowest BCUT2D eigenvalue weighted by Crippen LogP contribution is -2.48. The van der Waals surface area contributed by atoms with Crippen LogP contribution in [0, 0.1) is 13.8 Å². The topological polar surface area (TPSA) is 52.7 Å². The zero-order valence-electron chi connectivity index (χ0n) is 18.3. The van der Waals surface area contributed by atoms with Gasteiger partial charge in [0.25, 0.3) is 11.8 Å². The summed E-state index contributed by atoms with van der Waals surface area (Å²) in [5.41, 5.74) is 5.12. The van der Waals surface area contributed by atoms with E-state index in [-0.39, 0.29) is 11.8 Å². The van der Waals surface area contributed by atoms with E-state index in [9.17, 15) is 9.59 Å². The van der Waals surface area contributed by atoms with E-state index in [2.05, 4.69) is 10.2 Å². The number of carbonyl (C=O) groups excluding carboxylic acids is 2. The Kier molecular flexibility index (Phi) is 6.47. The summed E-state index contributed by atoms with van der Waals surface area (Å²) in [6.07, 6.45) is 0. The van der Waals surface area contributed by atoms with Gasteiger partial charge < -0.3 is 15.1 Å². The molecule has 3 aromatic rings. The molecule has 0 aromatic heterocycles. The maximum Gasteiger partial charge on any atom is 0.255 e. The van der Waals surface area contributed by atoms with Crippen molar-refractivity contribution in [1.29, 1.82) is 0 Å². The number of rotatable bonds is 4. The lowest BCUT2D eigenvalue weighted by atomic mass is 10.1. The average molecular weight is 448 g/mol. The number of hydrogen-bond donors (Lipinski definition) is 1. The van der Waals surface area contributed by atoms with Crippen LogP contribution in [-0.4, -0.2) is 42.9 Å². The second-order valence-corrected chi connectivity index (χ2v) is 8.47. The molecule has 1 aliphatic rings. The lowest BCUT2D eigenvalue weighted by Gasteiger charge is -2.36. The van der Waals surface area contributed by atoms with E-state index >= 15 is 0 Å². The van der Waals surface area contributed by atoms with Crippen LogP contribution in [0.2, 0.25) is 5.02 Å². The highest BCUT2D eigenvalue weighted by molar-refractivity contribution is 6.33. The number of nitrogens with one attached hydrogen (secondary N) is 1. The fraction of sp³-hybridized carbons (Fsp3) is 0.231. The molecule has 0 spiro atoms. The Hall–Kier alpha value is -3.31. The second-order valence-electron chi connectivity index (χ2n) is 8.06. The van der Waals surface area contributed by atoms with E-state index < -0.39 is 0 Å². The quantitative estimate of drug-likeness (QED) is 0.600. The van der Waals surface area contributed by atoms with Crippen molar-refractivity contribution in [3.8, 4) is 0 Å². The van der Waals surface area contributed by atoms with Crippen LogP contribution in [0.5, 0.6) is 0 Å². The fourth-order valence-electron chi connectivity index (χ4n) is 3.84. The second kappa shape index (κ2) is 9.45. The molecule has 1 saturated heterocycles. The molecule has 0 aliphatic carbocycles. The SMILES string of the molecule is Cc1ccc(C(=O)Nc2ccc(N3CCN(C(=O)c4ccccc4)CC3)c(Cl)c2)cc1C. The molecule has 32 heavy (non-hydrogen) atoms. The van der Waals surface area contributed by atoms with Crippen molar-refractivity contribution < 1.29 is 9.59 Å². The average Bonchev–Trinajstić information content (AvgIpc) is 2.81. The summed E-state index contributed by atoms with van der Waals surface area (Å²) < 4.78 is 0. The Balaban J connectivity index is 1.39. The normalized spacial score (nSPS) is 13.7. The highest BCUT2D eigenvalue weighted by atomic mass is 35.5. The number of nitrogens with zero attached hydrogens (tertiary/aromatic N) is 2. The summed E-state index contributed by atoms with van der Waals surface area (Å²) in [4.78, 5) is 29.3. The summed E-state index contributed by atoms with van der Waals surface area (Å²) in [7, 11) is 0. The minimum Gasteiger partial charge on any atom is -0.367 e. The van der Waals surface area contributed by atoms with E-state index in [0.29, 0.717) is 48.0 Å². The summed E-state index contributed by atoms with van der Waals surface area (Å²) >= 11 is 6.56. The highest BCUT2D eigenvalue weighted by Crippen LogP contribution is 2.30. The third-order valence-electron chi connectivity index (χ3n) is 5.90. The van der Waals surface area contributed by atoms with Gasteiger partial charge in [-0.25, -0.2) is 0 Å². The maximum atomic E-state index is 12.7. The smallest absolute Gasteiger partial charge is 0.255 e. The fourth-order valence-corrected chi connectivity index (χ4v) is 4.14. The summed E-state index contributed by atoms with van der Waals surface area (Å²) in [6.45, 7) is 6.68. The van der Waals surface area contributed by atoms with E-state index in [0.717, 1.165) is 16.8 Å². The molecule has 1 heterocycles. The van der Waals surface area contributed by atoms with Crippen molar-refractivity contribution >= 4 is 34.8 Å². The van der Waals surface area contributed by atoms with Gasteiger partial charge in [-0.2, -0.15) is 0 Å². The first-order valence-corrected chi connectivity index (χ1v) is 11.1. The molecular weight excluding hydrogens is 422 g/mol. The summed E-state index contributed by atoms with van der Waals surface area (Å²) in [5.74, 6) is -0.106. The molecule has 0 atom stereocenters. The van der Waals surface area contributed by atoms with Crippen LogP contribution in [0.3, 0.4) is 0 Å². The third kappa shape index (κ3) is 4.78. The molecule has 164 valence electrons. The van der Waals surface area contributed by atoms with Gasteiger partial charge in [-0.3, -0.25) is 9.59 Å². The van der Waals surface area contributed by atoms with Crippen molar-refractivity contribution in [3.63, 3.8) is 0 Å². The molecule has 0 saturated carbocycles. The van der Waals surface area contributed by atoms with Gasteiger partial charge in [-0.05, 0) is 67.4 Å². The van der Waals surface area contributed by atoms with Crippen LogP contribution in [0.4, 0.5) is 11.4 Å². The largest absolute Gasteiger partial charge is 0.367 e. The molecule has 5 nitrogen and oxygen atoms in total. The molecular formula is C26H26ClN3O2. The van der Waals surface area contributed by atoms with Crippen LogP contribution >= 0.6 is 11.6 Å². The minimum atomic E-state index is -0.162. The van der Waals surface area contributed by atoms with Crippen molar-refractivity contribution in [3.05, 3.63) is 94.0 Å². The zero-order valence-corrected chi connectivity index (χ0v) is 19.0. The Bertz CT molecular complexity index is 1140. The first kappa shape index (κ1) is 21.9. The number of anilines is 2. The minimum absolute atomic E-state index is 0.0562. The van der Waals surface area contributed by atoms with E-state index in [1.54, 1.807) is 6.07 Å². The van der Waals surface area contributed by atoms with Gasteiger partial charge in [0.1, 0.15) is 0 Å². The molecule has 1 fully saturated rings. The maximum absolute atomic E-state index is 12.7. The molecule has 2 amide bonds. The van der Waals surface area contributed by atoms with Crippen LogP contribution in [0.25, 0.3) is 0 Å². The molecule has 4 rings (SSSR count).